The van der Waals surface area contributed by atoms with Gasteiger partial charge in [0.2, 0.25) is 0 Å². The summed E-state index contributed by atoms with van der Waals surface area (Å²) >= 11 is 0. The molecule has 104 valence electrons. The van der Waals surface area contributed by atoms with E-state index in [0.29, 0.717) is 5.75 Å². The Kier molecular flexibility index (Phi) is 2.31. The van der Waals surface area contributed by atoms with Crippen molar-refractivity contribution in [1.82, 2.24) is 9.38 Å². The largest absolute Gasteiger partial charge is 0.505 e. The van der Waals surface area contributed by atoms with Crippen LogP contribution in [0.4, 0.5) is 0 Å². The van der Waals surface area contributed by atoms with Crippen molar-refractivity contribution >= 4 is 27.5 Å². The Morgan fingerprint density at radius 3 is 2.57 bits per heavy atom. The number of rotatable bonds is 0. The van der Waals surface area contributed by atoms with Gasteiger partial charge in [-0.1, -0.05) is 18.2 Å². The second-order valence-corrected chi connectivity index (χ2v) is 5.69. The molecule has 0 radical (unpaired) electrons. The van der Waals surface area contributed by atoms with Gasteiger partial charge in [-0.25, -0.2) is 4.98 Å². The number of hydrogen-bond donors (Lipinski definition) is 1. The zero-order chi connectivity index (χ0) is 14.7. The van der Waals surface area contributed by atoms with Crippen LogP contribution in [0.2, 0.25) is 0 Å². The van der Waals surface area contributed by atoms with Gasteiger partial charge in [0.05, 0.1) is 22.2 Å². The maximum atomic E-state index is 10.7. The maximum Gasteiger partial charge on any atom is 0.151 e. The molecule has 0 atom stereocenters. The van der Waals surface area contributed by atoms with Crippen molar-refractivity contribution in [3.63, 3.8) is 0 Å². The third-order valence-corrected chi connectivity index (χ3v) is 4.14. The quantitative estimate of drug-likeness (QED) is 0.520. The van der Waals surface area contributed by atoms with E-state index in [1.807, 2.05) is 38.1 Å². The number of aryl methyl sites for hydroxylation is 3. The van der Waals surface area contributed by atoms with Gasteiger partial charge in [-0.3, -0.25) is 0 Å². The summed E-state index contributed by atoms with van der Waals surface area (Å²) in [6.07, 6.45) is 0. The van der Waals surface area contributed by atoms with Crippen LogP contribution in [0, 0.1) is 20.8 Å². The van der Waals surface area contributed by atoms with Crippen LogP contribution >= 0.6 is 0 Å². The predicted octanol–water partition coefficient (Wildman–Crippen LogP) is 4.27. The smallest absolute Gasteiger partial charge is 0.151 e. The number of aromatic hydroxyl groups is 1. The van der Waals surface area contributed by atoms with E-state index in [0.717, 1.165) is 38.7 Å². The Morgan fingerprint density at radius 1 is 1.00 bits per heavy atom. The van der Waals surface area contributed by atoms with E-state index in [9.17, 15) is 5.11 Å². The van der Waals surface area contributed by atoms with Crippen LogP contribution in [0.3, 0.4) is 0 Å². The van der Waals surface area contributed by atoms with Crippen molar-refractivity contribution in [2.75, 3.05) is 0 Å². The van der Waals surface area contributed by atoms with Crippen molar-refractivity contribution in [2.24, 2.45) is 0 Å². The lowest BCUT2D eigenvalue weighted by Gasteiger charge is -2.06. The molecule has 4 rings (SSSR count). The summed E-state index contributed by atoms with van der Waals surface area (Å²) in [7, 11) is 0. The third kappa shape index (κ3) is 1.51. The van der Waals surface area contributed by atoms with Gasteiger partial charge in [0.1, 0.15) is 5.52 Å². The van der Waals surface area contributed by atoms with E-state index in [1.54, 1.807) is 0 Å². The van der Waals surface area contributed by atoms with Crippen LogP contribution in [0.15, 0.2) is 36.4 Å². The minimum absolute atomic E-state index is 0.332. The molecular weight excluding hydrogens is 260 g/mol. The Bertz CT molecular complexity index is 1030. The van der Waals surface area contributed by atoms with Crippen LogP contribution < -0.4 is 0 Å². The highest BCUT2D eigenvalue weighted by molar-refractivity contribution is 6.02. The molecule has 0 aliphatic carbocycles. The SMILES string of the molecule is Cc1cc(C)c2c(O)c3c(C)nc4ccccc4n3c2c1. The van der Waals surface area contributed by atoms with E-state index in [2.05, 4.69) is 28.4 Å². The Balaban J connectivity index is 2.43. The summed E-state index contributed by atoms with van der Waals surface area (Å²) in [5, 5.41) is 11.6. The van der Waals surface area contributed by atoms with Gasteiger partial charge in [0, 0.05) is 5.39 Å². The first-order valence-corrected chi connectivity index (χ1v) is 7.07. The molecule has 21 heavy (non-hydrogen) atoms. The van der Waals surface area contributed by atoms with Gasteiger partial charge >= 0.3 is 0 Å². The van der Waals surface area contributed by atoms with E-state index in [1.165, 1.54) is 5.56 Å². The van der Waals surface area contributed by atoms with Crippen molar-refractivity contribution in [3.05, 3.63) is 53.2 Å². The summed E-state index contributed by atoms with van der Waals surface area (Å²) in [6, 6.07) is 12.3. The monoisotopic (exact) mass is 276 g/mol. The van der Waals surface area contributed by atoms with E-state index in [-0.39, 0.29) is 0 Å². The lowest BCUT2D eigenvalue weighted by Crippen LogP contribution is -1.94. The molecule has 4 aromatic rings. The van der Waals surface area contributed by atoms with E-state index in [4.69, 9.17) is 0 Å². The summed E-state index contributed by atoms with van der Waals surface area (Å²) in [4.78, 5) is 4.63. The number of aromatic nitrogens is 2. The summed E-state index contributed by atoms with van der Waals surface area (Å²) in [6.45, 7) is 6.07. The third-order valence-electron chi connectivity index (χ3n) is 4.14. The molecule has 2 aromatic carbocycles. The standard InChI is InChI=1S/C18H16N2O/c1-10-8-11(2)16-15(9-10)20-14-7-5-4-6-13(14)19-12(3)17(20)18(16)21/h4-9,21H,1-3H3. The highest BCUT2D eigenvalue weighted by Crippen LogP contribution is 2.38. The molecule has 2 heterocycles. The fourth-order valence-corrected chi connectivity index (χ4v) is 3.34. The van der Waals surface area contributed by atoms with Crippen LogP contribution in [-0.4, -0.2) is 14.5 Å². The normalized spacial score (nSPS) is 11.8. The van der Waals surface area contributed by atoms with Crippen LogP contribution in [0.5, 0.6) is 5.75 Å². The molecule has 0 aliphatic rings. The number of benzene rings is 2. The van der Waals surface area contributed by atoms with Gasteiger partial charge in [0.25, 0.3) is 0 Å². The zero-order valence-corrected chi connectivity index (χ0v) is 12.3. The Labute approximate surface area is 122 Å². The predicted molar refractivity (Wildman–Crippen MR) is 86.1 cm³/mol. The summed E-state index contributed by atoms with van der Waals surface area (Å²) in [5.74, 6) is 0.332. The average molecular weight is 276 g/mol. The van der Waals surface area contributed by atoms with Crippen molar-refractivity contribution in [2.45, 2.75) is 20.8 Å². The fraction of sp³-hybridized carbons (Fsp3) is 0.167. The lowest BCUT2D eigenvalue weighted by atomic mass is 10.1. The first kappa shape index (κ1) is 12.2. The van der Waals surface area contributed by atoms with Crippen molar-refractivity contribution < 1.29 is 5.11 Å². The topological polar surface area (TPSA) is 37.5 Å². The second-order valence-electron chi connectivity index (χ2n) is 5.69. The number of fused-ring (bicyclic) bond motifs is 5. The molecule has 0 bridgehead atoms. The Hall–Kier alpha value is -2.55. The van der Waals surface area contributed by atoms with Crippen LogP contribution in [-0.2, 0) is 0 Å². The first-order valence-electron chi connectivity index (χ1n) is 7.07. The van der Waals surface area contributed by atoms with Gasteiger partial charge in [-0.15, -0.1) is 0 Å². The van der Waals surface area contributed by atoms with Gasteiger partial charge < -0.3 is 9.51 Å². The van der Waals surface area contributed by atoms with Crippen LogP contribution in [0.25, 0.3) is 27.5 Å². The molecule has 0 saturated heterocycles. The number of nitrogens with zero attached hydrogens (tertiary/aromatic N) is 2. The molecule has 3 nitrogen and oxygen atoms in total. The van der Waals surface area contributed by atoms with Crippen molar-refractivity contribution in [3.8, 4) is 5.75 Å². The first-order chi connectivity index (χ1) is 10.1. The molecule has 0 amide bonds. The molecule has 0 fully saturated rings. The van der Waals surface area contributed by atoms with Crippen LogP contribution in [0.1, 0.15) is 16.8 Å². The fourth-order valence-electron chi connectivity index (χ4n) is 3.34. The number of para-hydroxylation sites is 2. The van der Waals surface area contributed by atoms with Crippen molar-refractivity contribution in [1.29, 1.82) is 0 Å². The zero-order valence-electron chi connectivity index (χ0n) is 12.3. The number of hydrogen-bond acceptors (Lipinski definition) is 2. The molecule has 0 spiro atoms. The van der Waals surface area contributed by atoms with E-state index < -0.39 is 0 Å². The maximum absolute atomic E-state index is 10.7. The molecule has 3 heteroatoms. The molecule has 2 aromatic heterocycles. The minimum atomic E-state index is 0.332. The van der Waals surface area contributed by atoms with Gasteiger partial charge in [0.15, 0.2) is 5.75 Å². The molecule has 1 N–H and O–H groups in total. The van der Waals surface area contributed by atoms with Gasteiger partial charge in [-0.05, 0) is 50.1 Å². The molecular formula is C18H16N2O. The van der Waals surface area contributed by atoms with E-state index >= 15 is 0 Å². The summed E-state index contributed by atoms with van der Waals surface area (Å²) < 4.78 is 2.13. The Morgan fingerprint density at radius 2 is 1.76 bits per heavy atom. The summed E-state index contributed by atoms with van der Waals surface area (Å²) in [5.41, 5.74) is 6.94. The highest BCUT2D eigenvalue weighted by atomic mass is 16.3. The highest BCUT2D eigenvalue weighted by Gasteiger charge is 2.18. The molecule has 0 aliphatic heterocycles. The molecule has 0 saturated carbocycles. The molecule has 0 unspecified atom stereocenters. The average Bonchev–Trinajstić information content (AvgIpc) is 2.73. The lowest BCUT2D eigenvalue weighted by molar-refractivity contribution is 0.486. The van der Waals surface area contributed by atoms with Gasteiger partial charge in [-0.2, -0.15) is 0 Å². The second kappa shape index (κ2) is 3.98. The minimum Gasteiger partial charge on any atom is -0.505 e.